The lowest BCUT2D eigenvalue weighted by molar-refractivity contribution is 0.130. The van der Waals surface area contributed by atoms with Crippen molar-refractivity contribution < 1.29 is 5.11 Å². The topological polar surface area (TPSA) is 61.3 Å². The molecule has 1 unspecified atom stereocenters. The zero-order chi connectivity index (χ0) is 9.97. The predicted octanol–water partition coefficient (Wildman–Crippen LogP) is -0.0329. The molecule has 0 aromatic carbocycles. The monoisotopic (exact) mass is 258 g/mol. The van der Waals surface area contributed by atoms with E-state index in [0.29, 0.717) is 12.5 Å². The molecule has 1 aliphatic heterocycles. The summed E-state index contributed by atoms with van der Waals surface area (Å²) < 4.78 is 0.858. The number of aromatic nitrogens is 2. The Bertz CT molecular complexity index is 305. The van der Waals surface area contributed by atoms with E-state index < -0.39 is 6.23 Å². The smallest absolute Gasteiger partial charge is 0.225 e. The van der Waals surface area contributed by atoms with E-state index in [1.165, 1.54) is 0 Å². The van der Waals surface area contributed by atoms with E-state index >= 15 is 0 Å². The average Bonchev–Trinajstić information content (AvgIpc) is 2.19. The van der Waals surface area contributed by atoms with E-state index in [1.54, 1.807) is 12.4 Å². The molecule has 6 heteroatoms. The molecule has 1 fully saturated rings. The third kappa shape index (κ3) is 2.20. The Labute approximate surface area is 90.3 Å². The molecule has 0 amide bonds. The molecule has 1 aromatic rings. The summed E-state index contributed by atoms with van der Waals surface area (Å²) in [4.78, 5) is 10.3. The van der Waals surface area contributed by atoms with Gasteiger partial charge in [-0.3, -0.25) is 5.32 Å². The van der Waals surface area contributed by atoms with Crippen molar-refractivity contribution in [2.24, 2.45) is 0 Å². The van der Waals surface area contributed by atoms with Gasteiger partial charge in [0.05, 0.1) is 11.0 Å². The second-order valence-electron chi connectivity index (χ2n) is 3.12. The number of aliphatic hydroxyl groups excluding tert-OH is 1. The predicted molar refractivity (Wildman–Crippen MR) is 56.0 cm³/mol. The molecule has 0 radical (unpaired) electrons. The minimum atomic E-state index is -0.490. The van der Waals surface area contributed by atoms with Crippen molar-refractivity contribution in [3.05, 3.63) is 16.9 Å². The summed E-state index contributed by atoms with van der Waals surface area (Å²) in [6.45, 7) is 2.10. The van der Waals surface area contributed by atoms with Gasteiger partial charge in [-0.15, -0.1) is 0 Å². The summed E-state index contributed by atoms with van der Waals surface area (Å²) in [5.41, 5.74) is 0. The maximum Gasteiger partial charge on any atom is 0.225 e. The van der Waals surface area contributed by atoms with Gasteiger partial charge in [-0.05, 0) is 15.9 Å². The SMILES string of the molecule is OC1CN(c2ncc(Br)cn2)CCN1. The van der Waals surface area contributed by atoms with Gasteiger partial charge >= 0.3 is 0 Å². The number of nitrogens with one attached hydrogen (secondary N) is 1. The molecular weight excluding hydrogens is 248 g/mol. The normalized spacial score (nSPS) is 22.4. The van der Waals surface area contributed by atoms with Crippen LogP contribution < -0.4 is 10.2 Å². The van der Waals surface area contributed by atoms with E-state index in [2.05, 4.69) is 31.2 Å². The molecule has 1 atom stereocenters. The quantitative estimate of drug-likeness (QED) is 0.741. The van der Waals surface area contributed by atoms with E-state index in [4.69, 9.17) is 0 Å². The maximum absolute atomic E-state index is 9.38. The van der Waals surface area contributed by atoms with Crippen LogP contribution in [0, 0.1) is 0 Å². The molecule has 0 aliphatic carbocycles. The standard InChI is InChI=1S/C8H11BrN4O/c9-6-3-11-8(12-4-6)13-2-1-10-7(14)5-13/h3-4,7,10,14H,1-2,5H2. The highest BCUT2D eigenvalue weighted by molar-refractivity contribution is 9.10. The molecule has 5 nitrogen and oxygen atoms in total. The highest BCUT2D eigenvalue weighted by atomic mass is 79.9. The third-order valence-corrected chi connectivity index (χ3v) is 2.45. The van der Waals surface area contributed by atoms with Crippen LogP contribution in [0.2, 0.25) is 0 Å². The van der Waals surface area contributed by atoms with Gasteiger partial charge in [0.25, 0.3) is 0 Å². The summed E-state index contributed by atoms with van der Waals surface area (Å²) in [5.74, 6) is 0.661. The van der Waals surface area contributed by atoms with Gasteiger partial charge in [-0.25, -0.2) is 9.97 Å². The van der Waals surface area contributed by atoms with Gasteiger partial charge in [0, 0.05) is 25.5 Å². The van der Waals surface area contributed by atoms with Gasteiger partial charge in [0.15, 0.2) is 0 Å². The summed E-state index contributed by atoms with van der Waals surface area (Å²) in [7, 11) is 0. The van der Waals surface area contributed by atoms with Crippen molar-refractivity contribution in [3.8, 4) is 0 Å². The molecule has 14 heavy (non-hydrogen) atoms. The minimum Gasteiger partial charge on any atom is -0.377 e. The largest absolute Gasteiger partial charge is 0.377 e. The van der Waals surface area contributed by atoms with Gasteiger partial charge in [0.1, 0.15) is 6.23 Å². The van der Waals surface area contributed by atoms with Gasteiger partial charge in [0.2, 0.25) is 5.95 Å². The fraction of sp³-hybridized carbons (Fsp3) is 0.500. The second kappa shape index (κ2) is 4.20. The molecule has 1 aromatic heterocycles. The van der Waals surface area contributed by atoms with Crippen LogP contribution in [0.3, 0.4) is 0 Å². The van der Waals surface area contributed by atoms with Crippen LogP contribution in [0.4, 0.5) is 5.95 Å². The first-order chi connectivity index (χ1) is 6.75. The lowest BCUT2D eigenvalue weighted by Gasteiger charge is -2.30. The lowest BCUT2D eigenvalue weighted by atomic mass is 10.3. The minimum absolute atomic E-state index is 0.490. The first-order valence-corrected chi connectivity index (χ1v) is 5.19. The number of β-amino-alcohol motifs (C(OH)–C–C–N with tert-alkyl or cyclic N) is 1. The van der Waals surface area contributed by atoms with Crippen LogP contribution in [-0.4, -0.2) is 40.9 Å². The number of aliphatic hydroxyl groups is 1. The summed E-state index contributed by atoms with van der Waals surface area (Å²) in [6.07, 6.45) is 2.92. The molecule has 0 bridgehead atoms. The molecule has 76 valence electrons. The number of nitrogens with zero attached hydrogens (tertiary/aromatic N) is 3. The average molecular weight is 259 g/mol. The van der Waals surface area contributed by atoms with Crippen molar-refractivity contribution in [1.82, 2.24) is 15.3 Å². The third-order valence-electron chi connectivity index (χ3n) is 2.04. The number of hydrogen-bond donors (Lipinski definition) is 2. The number of anilines is 1. The highest BCUT2D eigenvalue weighted by Crippen LogP contribution is 2.11. The molecule has 0 saturated carbocycles. The molecular formula is C8H11BrN4O. The molecule has 0 spiro atoms. The van der Waals surface area contributed by atoms with E-state index in [0.717, 1.165) is 17.6 Å². The zero-order valence-corrected chi connectivity index (χ0v) is 9.11. The Kier molecular flexibility index (Phi) is 2.95. The highest BCUT2D eigenvalue weighted by Gasteiger charge is 2.18. The Morgan fingerprint density at radius 3 is 2.86 bits per heavy atom. The first-order valence-electron chi connectivity index (χ1n) is 4.39. The summed E-state index contributed by atoms with van der Waals surface area (Å²) >= 11 is 3.28. The Hall–Kier alpha value is -0.720. The van der Waals surface area contributed by atoms with Crippen LogP contribution in [0.25, 0.3) is 0 Å². The number of hydrogen-bond acceptors (Lipinski definition) is 5. The Morgan fingerprint density at radius 1 is 1.50 bits per heavy atom. The van der Waals surface area contributed by atoms with Crippen LogP contribution >= 0.6 is 15.9 Å². The number of rotatable bonds is 1. The van der Waals surface area contributed by atoms with Crippen LogP contribution in [0.15, 0.2) is 16.9 Å². The van der Waals surface area contributed by atoms with Gasteiger partial charge in [-0.2, -0.15) is 0 Å². The van der Waals surface area contributed by atoms with Crippen LogP contribution in [0.1, 0.15) is 0 Å². The molecule has 2 N–H and O–H groups in total. The number of piperazine rings is 1. The van der Waals surface area contributed by atoms with E-state index in [-0.39, 0.29) is 0 Å². The summed E-state index contributed by atoms with van der Waals surface area (Å²) in [5, 5.41) is 12.3. The van der Waals surface area contributed by atoms with Crippen molar-refractivity contribution >= 4 is 21.9 Å². The summed E-state index contributed by atoms with van der Waals surface area (Å²) in [6, 6.07) is 0. The van der Waals surface area contributed by atoms with Crippen LogP contribution in [0.5, 0.6) is 0 Å². The van der Waals surface area contributed by atoms with Crippen molar-refractivity contribution in [2.45, 2.75) is 6.23 Å². The van der Waals surface area contributed by atoms with Crippen LogP contribution in [-0.2, 0) is 0 Å². The van der Waals surface area contributed by atoms with Crippen molar-refractivity contribution in [1.29, 1.82) is 0 Å². The first kappa shape index (κ1) is 9.82. The Balaban J connectivity index is 2.10. The van der Waals surface area contributed by atoms with E-state index in [9.17, 15) is 5.11 Å². The zero-order valence-electron chi connectivity index (χ0n) is 7.52. The molecule has 2 rings (SSSR count). The Morgan fingerprint density at radius 2 is 2.21 bits per heavy atom. The molecule has 1 saturated heterocycles. The van der Waals surface area contributed by atoms with Gasteiger partial charge in [-0.1, -0.05) is 0 Å². The van der Waals surface area contributed by atoms with E-state index in [1.807, 2.05) is 4.90 Å². The molecule has 2 heterocycles. The number of halogens is 1. The molecule has 1 aliphatic rings. The fourth-order valence-corrected chi connectivity index (χ4v) is 1.59. The maximum atomic E-state index is 9.38. The van der Waals surface area contributed by atoms with Crippen molar-refractivity contribution in [3.63, 3.8) is 0 Å². The van der Waals surface area contributed by atoms with Crippen molar-refractivity contribution in [2.75, 3.05) is 24.5 Å². The fourth-order valence-electron chi connectivity index (χ4n) is 1.38. The second-order valence-corrected chi connectivity index (χ2v) is 4.03. The lowest BCUT2D eigenvalue weighted by Crippen LogP contribution is -2.51. The van der Waals surface area contributed by atoms with Gasteiger partial charge < -0.3 is 10.0 Å².